The molecule has 5 heteroatoms. The van der Waals surface area contributed by atoms with E-state index in [0.717, 1.165) is 49.8 Å². The smallest absolute Gasteiger partial charge is 0.179 e. The maximum atomic E-state index is 5.48. The molecule has 0 amide bonds. The van der Waals surface area contributed by atoms with Crippen LogP contribution >= 0.6 is 11.3 Å². The summed E-state index contributed by atoms with van der Waals surface area (Å²) in [4.78, 5) is 6.24. The van der Waals surface area contributed by atoms with Crippen LogP contribution in [0.4, 0.5) is 5.69 Å². The number of nitrogens with zero attached hydrogens (tertiary/aromatic N) is 3. The Balaban J connectivity index is 1.34. The molecule has 136 valence electrons. The number of hydrogen-bond acceptors (Lipinski definition) is 5. The van der Waals surface area contributed by atoms with Gasteiger partial charge in [-0.05, 0) is 48.9 Å². The van der Waals surface area contributed by atoms with Gasteiger partial charge in [-0.15, -0.1) is 11.3 Å². The van der Waals surface area contributed by atoms with Crippen molar-refractivity contribution in [2.75, 3.05) is 37.6 Å². The van der Waals surface area contributed by atoms with E-state index in [2.05, 4.69) is 64.5 Å². The van der Waals surface area contributed by atoms with Crippen molar-refractivity contribution in [2.45, 2.75) is 20.3 Å². The van der Waals surface area contributed by atoms with Gasteiger partial charge in [-0.3, -0.25) is 4.90 Å². The van der Waals surface area contributed by atoms with Crippen molar-refractivity contribution in [3.63, 3.8) is 0 Å². The molecule has 4 rings (SSSR count). The Morgan fingerprint density at radius 3 is 2.69 bits per heavy atom. The number of aryl methyl sites for hydroxylation is 1. The molecule has 3 aromatic rings. The second-order valence-corrected chi connectivity index (χ2v) is 7.90. The first-order chi connectivity index (χ1) is 12.7. The SMILES string of the molecule is Cc1cccc(N2CCN(CCc3cnoc3-c3cccs3)CC2)c1C. The summed E-state index contributed by atoms with van der Waals surface area (Å²) in [6, 6.07) is 10.8. The second-order valence-electron chi connectivity index (χ2n) is 6.96. The highest BCUT2D eigenvalue weighted by molar-refractivity contribution is 7.13. The van der Waals surface area contributed by atoms with Crippen LogP contribution in [0, 0.1) is 13.8 Å². The molecule has 0 saturated carbocycles. The van der Waals surface area contributed by atoms with Crippen LogP contribution < -0.4 is 4.90 Å². The molecule has 0 radical (unpaired) electrons. The normalized spacial score (nSPS) is 15.5. The van der Waals surface area contributed by atoms with Gasteiger partial charge in [0.1, 0.15) is 0 Å². The van der Waals surface area contributed by atoms with E-state index in [4.69, 9.17) is 4.52 Å². The predicted molar refractivity (Wildman–Crippen MR) is 108 cm³/mol. The van der Waals surface area contributed by atoms with Gasteiger partial charge in [-0.2, -0.15) is 0 Å². The lowest BCUT2D eigenvalue weighted by atomic mass is 10.1. The third-order valence-corrected chi connectivity index (χ3v) is 6.24. The lowest BCUT2D eigenvalue weighted by Gasteiger charge is -2.37. The summed E-state index contributed by atoms with van der Waals surface area (Å²) in [5, 5.41) is 6.09. The van der Waals surface area contributed by atoms with Crippen LogP contribution in [-0.2, 0) is 6.42 Å². The molecule has 3 heterocycles. The van der Waals surface area contributed by atoms with Gasteiger partial charge < -0.3 is 9.42 Å². The molecule has 1 aliphatic heterocycles. The highest BCUT2D eigenvalue weighted by atomic mass is 32.1. The molecule has 1 saturated heterocycles. The average molecular weight is 368 g/mol. The number of rotatable bonds is 5. The zero-order chi connectivity index (χ0) is 17.9. The highest BCUT2D eigenvalue weighted by Crippen LogP contribution is 2.28. The maximum absolute atomic E-state index is 5.48. The molecule has 26 heavy (non-hydrogen) atoms. The quantitative estimate of drug-likeness (QED) is 0.670. The standard InChI is InChI=1S/C21H25N3OS/c1-16-5-3-6-19(17(16)2)24-12-10-23(11-13-24)9-8-18-15-22-25-21(18)20-7-4-14-26-20/h3-7,14-15H,8-13H2,1-2H3. The topological polar surface area (TPSA) is 32.5 Å². The number of benzene rings is 1. The zero-order valence-corrected chi connectivity index (χ0v) is 16.3. The fourth-order valence-electron chi connectivity index (χ4n) is 3.62. The summed E-state index contributed by atoms with van der Waals surface area (Å²) >= 11 is 1.70. The van der Waals surface area contributed by atoms with Gasteiger partial charge in [-0.25, -0.2) is 0 Å². The van der Waals surface area contributed by atoms with E-state index >= 15 is 0 Å². The summed E-state index contributed by atoms with van der Waals surface area (Å²) in [6.45, 7) is 9.87. The van der Waals surface area contributed by atoms with Crippen molar-refractivity contribution in [1.82, 2.24) is 10.1 Å². The van der Waals surface area contributed by atoms with Crippen LogP contribution in [0.1, 0.15) is 16.7 Å². The third-order valence-electron chi connectivity index (χ3n) is 5.38. The van der Waals surface area contributed by atoms with Gasteiger partial charge in [0, 0.05) is 44.0 Å². The molecule has 0 N–H and O–H groups in total. The van der Waals surface area contributed by atoms with Crippen LogP contribution in [0.15, 0.2) is 46.4 Å². The summed E-state index contributed by atoms with van der Waals surface area (Å²) in [5.41, 5.74) is 5.39. The Morgan fingerprint density at radius 2 is 1.92 bits per heavy atom. The molecule has 2 aromatic heterocycles. The summed E-state index contributed by atoms with van der Waals surface area (Å²) < 4.78 is 5.48. The number of piperazine rings is 1. The van der Waals surface area contributed by atoms with Crippen molar-refractivity contribution >= 4 is 17.0 Å². The van der Waals surface area contributed by atoms with Crippen molar-refractivity contribution < 1.29 is 4.52 Å². The van der Waals surface area contributed by atoms with Crippen LogP contribution in [0.5, 0.6) is 0 Å². The van der Waals surface area contributed by atoms with Crippen molar-refractivity contribution in [2.24, 2.45) is 0 Å². The van der Waals surface area contributed by atoms with E-state index in [1.54, 1.807) is 11.3 Å². The average Bonchev–Trinajstić information content (AvgIpc) is 3.34. The fourth-order valence-corrected chi connectivity index (χ4v) is 4.35. The lowest BCUT2D eigenvalue weighted by molar-refractivity contribution is 0.261. The van der Waals surface area contributed by atoms with Gasteiger partial charge in [0.2, 0.25) is 0 Å². The van der Waals surface area contributed by atoms with E-state index in [1.165, 1.54) is 22.4 Å². The summed E-state index contributed by atoms with van der Waals surface area (Å²) in [7, 11) is 0. The van der Waals surface area contributed by atoms with Gasteiger partial charge in [0.25, 0.3) is 0 Å². The Bertz CT molecular complexity index is 848. The number of hydrogen-bond donors (Lipinski definition) is 0. The molecule has 1 aliphatic rings. The van der Waals surface area contributed by atoms with Gasteiger partial charge in [0.05, 0.1) is 11.1 Å². The van der Waals surface area contributed by atoms with E-state index in [-0.39, 0.29) is 0 Å². The highest BCUT2D eigenvalue weighted by Gasteiger charge is 2.20. The van der Waals surface area contributed by atoms with Crippen molar-refractivity contribution in [3.8, 4) is 10.6 Å². The Labute approximate surface area is 159 Å². The molecule has 0 aliphatic carbocycles. The van der Waals surface area contributed by atoms with Crippen molar-refractivity contribution in [1.29, 1.82) is 0 Å². The minimum Gasteiger partial charge on any atom is -0.369 e. The molecule has 0 unspecified atom stereocenters. The van der Waals surface area contributed by atoms with Crippen LogP contribution in [0.2, 0.25) is 0 Å². The summed E-state index contributed by atoms with van der Waals surface area (Å²) in [5.74, 6) is 0.939. The molecule has 1 fully saturated rings. The number of anilines is 1. The number of thiophene rings is 1. The molecular formula is C21H25N3OS. The Morgan fingerprint density at radius 1 is 1.08 bits per heavy atom. The maximum Gasteiger partial charge on any atom is 0.179 e. The Kier molecular flexibility index (Phi) is 5.09. The van der Waals surface area contributed by atoms with Crippen LogP contribution in [-0.4, -0.2) is 42.8 Å². The lowest BCUT2D eigenvalue weighted by Crippen LogP contribution is -2.47. The van der Waals surface area contributed by atoms with Gasteiger partial charge in [-0.1, -0.05) is 23.4 Å². The zero-order valence-electron chi connectivity index (χ0n) is 15.4. The molecular weight excluding hydrogens is 342 g/mol. The minimum absolute atomic E-state index is 0.939. The monoisotopic (exact) mass is 367 g/mol. The van der Waals surface area contributed by atoms with E-state index in [0.29, 0.717) is 0 Å². The predicted octanol–water partition coefficient (Wildman–Crippen LogP) is 4.38. The molecule has 1 aromatic carbocycles. The number of aromatic nitrogens is 1. The van der Waals surface area contributed by atoms with E-state index in [1.807, 2.05) is 6.20 Å². The van der Waals surface area contributed by atoms with Crippen molar-refractivity contribution in [3.05, 3.63) is 58.6 Å². The largest absolute Gasteiger partial charge is 0.369 e. The molecule has 0 bridgehead atoms. The van der Waals surface area contributed by atoms with Crippen LogP contribution in [0.3, 0.4) is 0 Å². The molecule has 0 atom stereocenters. The molecule has 0 spiro atoms. The summed E-state index contributed by atoms with van der Waals surface area (Å²) in [6.07, 6.45) is 2.86. The molecule has 4 nitrogen and oxygen atoms in total. The third kappa shape index (κ3) is 3.55. The second kappa shape index (κ2) is 7.64. The first kappa shape index (κ1) is 17.3. The van der Waals surface area contributed by atoms with Gasteiger partial charge in [0.15, 0.2) is 5.76 Å². The van der Waals surface area contributed by atoms with E-state index < -0.39 is 0 Å². The minimum atomic E-state index is 0.939. The first-order valence-electron chi connectivity index (χ1n) is 9.23. The Hall–Kier alpha value is -2.11. The van der Waals surface area contributed by atoms with Gasteiger partial charge >= 0.3 is 0 Å². The fraction of sp³-hybridized carbons (Fsp3) is 0.381. The van der Waals surface area contributed by atoms with Crippen LogP contribution in [0.25, 0.3) is 10.6 Å². The first-order valence-corrected chi connectivity index (χ1v) is 10.1. The van der Waals surface area contributed by atoms with E-state index in [9.17, 15) is 0 Å².